The number of rotatable bonds is 8. The van der Waals surface area contributed by atoms with Gasteiger partial charge in [-0.2, -0.15) is 13.2 Å². The van der Waals surface area contributed by atoms with Gasteiger partial charge in [0.15, 0.2) is 0 Å². The summed E-state index contributed by atoms with van der Waals surface area (Å²) in [6.45, 7) is 6.37. The number of alkyl halides is 3. The van der Waals surface area contributed by atoms with Crippen molar-refractivity contribution < 1.29 is 32.2 Å². The second-order valence-electron chi connectivity index (χ2n) is 7.92. The average molecular weight is 455 g/mol. The third-order valence-electron chi connectivity index (χ3n) is 5.74. The van der Waals surface area contributed by atoms with Crippen molar-refractivity contribution >= 4 is 11.8 Å². The van der Waals surface area contributed by atoms with Gasteiger partial charge in [0.2, 0.25) is 5.91 Å². The molecule has 3 rings (SSSR count). The third-order valence-corrected chi connectivity index (χ3v) is 5.74. The Morgan fingerprint density at radius 3 is 2.75 bits per heavy atom. The van der Waals surface area contributed by atoms with Crippen molar-refractivity contribution in [1.82, 2.24) is 15.5 Å². The number of hydrogen-bond acceptors (Lipinski definition) is 5. The van der Waals surface area contributed by atoms with Crippen molar-refractivity contribution in [2.75, 3.05) is 39.5 Å². The second kappa shape index (κ2) is 10.5. The zero-order valence-corrected chi connectivity index (χ0v) is 17.7. The first-order valence-electron chi connectivity index (χ1n) is 10.6. The number of carbonyl (C=O) groups excluding carboxylic acids is 2. The molecule has 2 amide bonds. The fourth-order valence-corrected chi connectivity index (χ4v) is 4.08. The summed E-state index contributed by atoms with van der Waals surface area (Å²) >= 11 is 0. The van der Waals surface area contributed by atoms with E-state index < -0.39 is 29.3 Å². The van der Waals surface area contributed by atoms with E-state index in [1.54, 1.807) is 6.08 Å². The van der Waals surface area contributed by atoms with Crippen LogP contribution in [0.25, 0.3) is 0 Å². The van der Waals surface area contributed by atoms with E-state index in [1.807, 2.05) is 0 Å². The number of likely N-dealkylation sites (tertiary alicyclic amines) is 1. The van der Waals surface area contributed by atoms with E-state index in [0.29, 0.717) is 26.4 Å². The summed E-state index contributed by atoms with van der Waals surface area (Å²) in [4.78, 5) is 26.7. The normalized spacial score (nSPS) is 21.2. The van der Waals surface area contributed by atoms with E-state index >= 15 is 0 Å². The van der Waals surface area contributed by atoms with Crippen LogP contribution in [-0.4, -0.2) is 67.9 Å². The molecule has 1 aromatic carbocycles. The summed E-state index contributed by atoms with van der Waals surface area (Å²) in [6, 6.07) is 3.97. The Bertz CT molecular complexity index is 825. The molecule has 1 aromatic rings. The van der Waals surface area contributed by atoms with Crippen LogP contribution in [0.5, 0.6) is 0 Å². The van der Waals surface area contributed by atoms with Crippen LogP contribution in [0.1, 0.15) is 35.2 Å². The molecule has 0 spiro atoms. The molecule has 32 heavy (non-hydrogen) atoms. The van der Waals surface area contributed by atoms with E-state index in [1.165, 1.54) is 6.07 Å². The summed E-state index contributed by atoms with van der Waals surface area (Å²) < 4.78 is 50.0. The van der Waals surface area contributed by atoms with Crippen molar-refractivity contribution in [1.29, 1.82) is 0 Å². The molecule has 0 bridgehead atoms. The molecule has 0 radical (unpaired) electrons. The smallest absolute Gasteiger partial charge is 0.381 e. The Kier molecular flexibility index (Phi) is 7.91. The Morgan fingerprint density at radius 1 is 1.31 bits per heavy atom. The van der Waals surface area contributed by atoms with Crippen molar-refractivity contribution in [2.45, 2.75) is 37.2 Å². The van der Waals surface area contributed by atoms with Crippen molar-refractivity contribution in [2.24, 2.45) is 0 Å². The molecular formula is C22H28F3N3O4. The van der Waals surface area contributed by atoms with Crippen LogP contribution < -0.4 is 10.6 Å². The second-order valence-corrected chi connectivity index (χ2v) is 7.92. The van der Waals surface area contributed by atoms with Gasteiger partial charge in [0.05, 0.1) is 31.9 Å². The average Bonchev–Trinajstić information content (AvgIpc) is 3.25. The standard InChI is InChI=1S/C22H28F3N3O4/c1-2-10-32-21(7-11-31-12-8-21)28-9-6-18(15-28)27-19(29)14-26-20(30)16-4-3-5-17(13-16)22(23,24)25/h2-5,13,18H,1,6-12,14-15H2,(H,26,30)(H,27,29). The lowest BCUT2D eigenvalue weighted by Gasteiger charge is -2.44. The summed E-state index contributed by atoms with van der Waals surface area (Å²) in [5, 5.41) is 5.26. The van der Waals surface area contributed by atoms with Gasteiger partial charge in [0.1, 0.15) is 5.72 Å². The van der Waals surface area contributed by atoms with E-state index in [0.717, 1.165) is 44.0 Å². The van der Waals surface area contributed by atoms with E-state index in [-0.39, 0.29) is 18.2 Å². The summed E-state index contributed by atoms with van der Waals surface area (Å²) in [6.07, 6.45) is -0.644. The summed E-state index contributed by atoms with van der Waals surface area (Å²) in [5.41, 5.74) is -1.51. The van der Waals surface area contributed by atoms with Gasteiger partial charge in [0.25, 0.3) is 5.91 Å². The fraction of sp³-hybridized carbons (Fsp3) is 0.545. The maximum Gasteiger partial charge on any atom is 0.416 e. The highest BCUT2D eigenvalue weighted by molar-refractivity contribution is 5.96. The minimum absolute atomic E-state index is 0.111. The van der Waals surface area contributed by atoms with Crippen LogP contribution in [0.3, 0.4) is 0 Å². The maximum atomic E-state index is 12.8. The first-order valence-corrected chi connectivity index (χ1v) is 10.6. The number of nitrogens with zero attached hydrogens (tertiary/aromatic N) is 1. The monoisotopic (exact) mass is 455 g/mol. The van der Waals surface area contributed by atoms with Crippen molar-refractivity contribution in [3.05, 3.63) is 48.0 Å². The van der Waals surface area contributed by atoms with E-state index in [2.05, 4.69) is 22.1 Å². The molecule has 0 aromatic heterocycles. The summed E-state index contributed by atoms with van der Waals surface area (Å²) in [7, 11) is 0. The van der Waals surface area contributed by atoms with E-state index in [9.17, 15) is 22.8 Å². The highest BCUT2D eigenvalue weighted by Crippen LogP contribution is 2.32. The van der Waals surface area contributed by atoms with Gasteiger partial charge in [-0.1, -0.05) is 12.1 Å². The molecule has 2 saturated heterocycles. The molecule has 0 aliphatic carbocycles. The topological polar surface area (TPSA) is 79.9 Å². The van der Waals surface area contributed by atoms with Gasteiger partial charge in [-0.3, -0.25) is 14.5 Å². The molecule has 7 nitrogen and oxygen atoms in total. The van der Waals surface area contributed by atoms with Crippen molar-refractivity contribution in [3.8, 4) is 0 Å². The minimum atomic E-state index is -4.54. The number of nitrogens with one attached hydrogen (secondary N) is 2. The van der Waals surface area contributed by atoms with Gasteiger partial charge >= 0.3 is 6.18 Å². The van der Waals surface area contributed by atoms with Gasteiger partial charge in [-0.05, 0) is 24.6 Å². The molecule has 176 valence electrons. The molecule has 2 heterocycles. The van der Waals surface area contributed by atoms with E-state index in [4.69, 9.17) is 9.47 Å². The predicted octanol–water partition coefficient (Wildman–Crippen LogP) is 2.34. The largest absolute Gasteiger partial charge is 0.416 e. The number of hydrogen-bond donors (Lipinski definition) is 2. The number of halogens is 3. The number of benzene rings is 1. The molecule has 2 N–H and O–H groups in total. The molecule has 2 aliphatic heterocycles. The molecule has 10 heteroatoms. The van der Waals surface area contributed by atoms with Crippen LogP contribution in [0.4, 0.5) is 13.2 Å². The minimum Gasteiger partial charge on any atom is -0.381 e. The Hall–Kier alpha value is -2.43. The van der Waals surface area contributed by atoms with Crippen LogP contribution in [0.2, 0.25) is 0 Å². The molecule has 2 aliphatic rings. The zero-order valence-electron chi connectivity index (χ0n) is 17.7. The lowest BCUT2D eigenvalue weighted by atomic mass is 10.0. The number of ether oxygens (including phenoxy) is 2. The first kappa shape index (κ1) is 24.2. The Morgan fingerprint density at radius 2 is 2.06 bits per heavy atom. The molecular weight excluding hydrogens is 427 g/mol. The molecule has 1 unspecified atom stereocenters. The van der Waals surface area contributed by atoms with Gasteiger partial charge < -0.3 is 20.1 Å². The van der Waals surface area contributed by atoms with Crippen molar-refractivity contribution in [3.63, 3.8) is 0 Å². The van der Waals surface area contributed by atoms with Crippen LogP contribution in [-0.2, 0) is 20.4 Å². The van der Waals surface area contributed by atoms with Gasteiger partial charge in [-0.25, -0.2) is 0 Å². The Balaban J connectivity index is 1.49. The lowest BCUT2D eigenvalue weighted by molar-refractivity contribution is -0.187. The predicted molar refractivity (Wildman–Crippen MR) is 111 cm³/mol. The highest BCUT2D eigenvalue weighted by atomic mass is 19.4. The van der Waals surface area contributed by atoms with Gasteiger partial charge in [-0.15, -0.1) is 6.58 Å². The lowest BCUT2D eigenvalue weighted by Crippen LogP contribution is -2.54. The van der Waals surface area contributed by atoms with Crippen LogP contribution in [0, 0.1) is 0 Å². The third kappa shape index (κ3) is 6.08. The number of amides is 2. The van der Waals surface area contributed by atoms with Crippen LogP contribution in [0.15, 0.2) is 36.9 Å². The molecule has 2 fully saturated rings. The Labute approximate surface area is 184 Å². The maximum absolute atomic E-state index is 12.8. The highest BCUT2D eigenvalue weighted by Gasteiger charge is 2.43. The SMILES string of the molecule is C=CCOC1(N2CCC(NC(=O)CNC(=O)c3cccc(C(F)(F)F)c3)C2)CCOCC1. The number of carbonyl (C=O) groups is 2. The summed E-state index contributed by atoms with van der Waals surface area (Å²) in [5.74, 6) is -1.14. The first-order chi connectivity index (χ1) is 15.2. The van der Waals surface area contributed by atoms with Gasteiger partial charge in [0, 0.05) is 37.5 Å². The fourth-order valence-electron chi connectivity index (χ4n) is 4.08. The quantitative estimate of drug-likeness (QED) is 0.589. The molecule has 1 atom stereocenters. The molecule has 0 saturated carbocycles. The van der Waals surface area contributed by atoms with Crippen LogP contribution >= 0.6 is 0 Å². The zero-order chi connectivity index (χ0) is 23.2.